The van der Waals surface area contributed by atoms with E-state index < -0.39 is 0 Å². The van der Waals surface area contributed by atoms with Crippen LogP contribution in [0.15, 0.2) is 24.3 Å². The molecule has 19 heavy (non-hydrogen) atoms. The predicted molar refractivity (Wildman–Crippen MR) is 80.0 cm³/mol. The fourth-order valence-electron chi connectivity index (χ4n) is 1.80. The van der Waals surface area contributed by atoms with Crippen molar-refractivity contribution in [3.8, 4) is 0 Å². The van der Waals surface area contributed by atoms with E-state index in [2.05, 4.69) is 0 Å². The SMILES string of the molecule is CCN(Cc1ccccc1Cl)C(=O)CCC(C)(C)N. The predicted octanol–water partition coefficient (Wildman–Crippen LogP) is 3.21. The average molecular weight is 283 g/mol. The molecule has 0 aliphatic carbocycles. The van der Waals surface area contributed by atoms with Crippen LogP contribution in [0.3, 0.4) is 0 Å². The Hall–Kier alpha value is -1.06. The highest BCUT2D eigenvalue weighted by atomic mass is 35.5. The molecule has 1 aromatic rings. The van der Waals surface area contributed by atoms with E-state index >= 15 is 0 Å². The molecule has 0 aliphatic heterocycles. The second kappa shape index (κ2) is 6.92. The van der Waals surface area contributed by atoms with Crippen LogP contribution in [0.1, 0.15) is 39.2 Å². The zero-order valence-corrected chi connectivity index (χ0v) is 12.7. The summed E-state index contributed by atoms with van der Waals surface area (Å²) >= 11 is 6.12. The first-order valence-electron chi connectivity index (χ1n) is 6.63. The van der Waals surface area contributed by atoms with Gasteiger partial charge in [0.05, 0.1) is 0 Å². The Morgan fingerprint density at radius 1 is 1.37 bits per heavy atom. The maximum absolute atomic E-state index is 12.2. The van der Waals surface area contributed by atoms with Crippen LogP contribution in [0, 0.1) is 0 Å². The number of rotatable bonds is 6. The van der Waals surface area contributed by atoms with Crippen LogP contribution < -0.4 is 5.73 Å². The van der Waals surface area contributed by atoms with Gasteiger partial charge in [0.2, 0.25) is 5.91 Å². The average Bonchev–Trinajstić information content (AvgIpc) is 2.34. The molecule has 0 bridgehead atoms. The van der Waals surface area contributed by atoms with Crippen molar-refractivity contribution >= 4 is 17.5 Å². The molecule has 0 saturated heterocycles. The van der Waals surface area contributed by atoms with Gasteiger partial charge in [0, 0.05) is 30.1 Å². The van der Waals surface area contributed by atoms with Crippen molar-refractivity contribution in [1.29, 1.82) is 0 Å². The molecule has 1 aromatic carbocycles. The zero-order valence-electron chi connectivity index (χ0n) is 11.9. The van der Waals surface area contributed by atoms with Crippen LogP contribution in [0.5, 0.6) is 0 Å². The van der Waals surface area contributed by atoms with Crippen LogP contribution in [0.4, 0.5) is 0 Å². The lowest BCUT2D eigenvalue weighted by atomic mass is 9.99. The zero-order chi connectivity index (χ0) is 14.5. The van der Waals surface area contributed by atoms with Crippen LogP contribution in [0.2, 0.25) is 5.02 Å². The molecule has 1 rings (SSSR count). The van der Waals surface area contributed by atoms with E-state index in [1.807, 2.05) is 49.9 Å². The largest absolute Gasteiger partial charge is 0.339 e. The van der Waals surface area contributed by atoms with E-state index in [9.17, 15) is 4.79 Å². The Kier molecular flexibility index (Phi) is 5.83. The van der Waals surface area contributed by atoms with Gasteiger partial charge in [-0.05, 0) is 38.8 Å². The van der Waals surface area contributed by atoms with Crippen LogP contribution in [-0.2, 0) is 11.3 Å². The quantitative estimate of drug-likeness (QED) is 0.871. The maximum Gasteiger partial charge on any atom is 0.222 e. The molecule has 2 N–H and O–H groups in total. The monoisotopic (exact) mass is 282 g/mol. The Morgan fingerprint density at radius 2 is 2.00 bits per heavy atom. The molecule has 0 heterocycles. The summed E-state index contributed by atoms with van der Waals surface area (Å²) in [5.74, 6) is 0.126. The van der Waals surface area contributed by atoms with Crippen LogP contribution >= 0.6 is 11.6 Å². The number of halogens is 1. The molecular formula is C15H23ClN2O. The smallest absolute Gasteiger partial charge is 0.222 e. The van der Waals surface area contributed by atoms with Crippen molar-refractivity contribution < 1.29 is 4.79 Å². The number of carbonyl (C=O) groups excluding carboxylic acids is 1. The summed E-state index contributed by atoms with van der Waals surface area (Å²) in [6.45, 7) is 7.08. The number of amides is 1. The topological polar surface area (TPSA) is 46.3 Å². The Bertz CT molecular complexity index is 426. The van der Waals surface area contributed by atoms with Gasteiger partial charge in [-0.2, -0.15) is 0 Å². The lowest BCUT2D eigenvalue weighted by molar-refractivity contribution is -0.132. The Morgan fingerprint density at radius 3 is 2.53 bits per heavy atom. The minimum atomic E-state index is -0.306. The van der Waals surface area contributed by atoms with E-state index in [0.717, 1.165) is 5.56 Å². The molecule has 0 aromatic heterocycles. The van der Waals surface area contributed by atoms with E-state index in [4.69, 9.17) is 17.3 Å². The molecular weight excluding hydrogens is 260 g/mol. The van der Waals surface area contributed by atoms with E-state index in [1.54, 1.807) is 0 Å². The molecule has 4 heteroatoms. The van der Waals surface area contributed by atoms with Gasteiger partial charge in [0.15, 0.2) is 0 Å². The normalized spacial score (nSPS) is 11.4. The minimum absolute atomic E-state index is 0.126. The summed E-state index contributed by atoms with van der Waals surface area (Å²) in [4.78, 5) is 14.0. The molecule has 106 valence electrons. The van der Waals surface area contributed by atoms with Crippen LogP contribution in [0.25, 0.3) is 0 Å². The summed E-state index contributed by atoms with van der Waals surface area (Å²) in [5, 5.41) is 0.702. The highest BCUT2D eigenvalue weighted by molar-refractivity contribution is 6.31. The highest BCUT2D eigenvalue weighted by Crippen LogP contribution is 2.18. The van der Waals surface area contributed by atoms with Gasteiger partial charge in [-0.3, -0.25) is 4.79 Å². The molecule has 0 unspecified atom stereocenters. The maximum atomic E-state index is 12.2. The Balaban J connectivity index is 2.63. The van der Waals surface area contributed by atoms with Crippen molar-refractivity contribution in [3.63, 3.8) is 0 Å². The Labute approximate surface area is 120 Å². The fraction of sp³-hybridized carbons (Fsp3) is 0.533. The fourth-order valence-corrected chi connectivity index (χ4v) is 1.99. The standard InChI is InChI=1S/C15H23ClN2O/c1-4-18(14(19)9-10-15(2,3)17)11-12-7-5-6-8-13(12)16/h5-8H,4,9-11,17H2,1-3H3. The highest BCUT2D eigenvalue weighted by Gasteiger charge is 2.17. The number of nitrogens with two attached hydrogens (primary N) is 1. The first-order chi connectivity index (χ1) is 8.83. The summed E-state index contributed by atoms with van der Waals surface area (Å²) < 4.78 is 0. The lowest BCUT2D eigenvalue weighted by Crippen LogP contribution is -2.36. The molecule has 0 atom stereocenters. The number of benzene rings is 1. The van der Waals surface area contributed by atoms with Gasteiger partial charge in [-0.15, -0.1) is 0 Å². The number of hydrogen-bond donors (Lipinski definition) is 1. The van der Waals surface area contributed by atoms with Gasteiger partial charge >= 0.3 is 0 Å². The minimum Gasteiger partial charge on any atom is -0.339 e. The number of nitrogens with zero attached hydrogens (tertiary/aromatic N) is 1. The van der Waals surface area contributed by atoms with Gasteiger partial charge < -0.3 is 10.6 Å². The number of hydrogen-bond acceptors (Lipinski definition) is 2. The van der Waals surface area contributed by atoms with Crippen molar-refractivity contribution in [1.82, 2.24) is 4.90 Å². The number of carbonyl (C=O) groups is 1. The summed E-state index contributed by atoms with van der Waals surface area (Å²) in [6, 6.07) is 7.62. The van der Waals surface area contributed by atoms with Gasteiger partial charge in [-0.25, -0.2) is 0 Å². The molecule has 0 radical (unpaired) electrons. The molecule has 3 nitrogen and oxygen atoms in total. The van der Waals surface area contributed by atoms with Gasteiger partial charge in [0.25, 0.3) is 0 Å². The summed E-state index contributed by atoms with van der Waals surface area (Å²) in [7, 11) is 0. The summed E-state index contributed by atoms with van der Waals surface area (Å²) in [5.41, 5.74) is 6.58. The second-order valence-electron chi connectivity index (χ2n) is 5.49. The first kappa shape index (κ1) is 16.0. The van der Waals surface area contributed by atoms with E-state index in [0.29, 0.717) is 31.0 Å². The van der Waals surface area contributed by atoms with Crippen molar-refractivity contribution in [2.45, 2.75) is 45.7 Å². The molecule has 0 spiro atoms. The third-order valence-corrected chi connectivity index (χ3v) is 3.41. The third-order valence-electron chi connectivity index (χ3n) is 3.04. The second-order valence-corrected chi connectivity index (χ2v) is 5.90. The third kappa shape index (κ3) is 5.62. The molecule has 1 amide bonds. The van der Waals surface area contributed by atoms with Crippen LogP contribution in [-0.4, -0.2) is 22.9 Å². The molecule has 0 aliphatic rings. The molecule has 0 fully saturated rings. The van der Waals surface area contributed by atoms with Gasteiger partial charge in [0.1, 0.15) is 0 Å². The van der Waals surface area contributed by atoms with Crippen molar-refractivity contribution in [2.24, 2.45) is 5.73 Å². The lowest BCUT2D eigenvalue weighted by Gasteiger charge is -2.24. The van der Waals surface area contributed by atoms with Crippen molar-refractivity contribution in [2.75, 3.05) is 6.54 Å². The molecule has 0 saturated carbocycles. The van der Waals surface area contributed by atoms with Crippen molar-refractivity contribution in [3.05, 3.63) is 34.9 Å². The van der Waals surface area contributed by atoms with E-state index in [1.165, 1.54) is 0 Å². The summed E-state index contributed by atoms with van der Waals surface area (Å²) in [6.07, 6.45) is 1.16. The first-order valence-corrected chi connectivity index (χ1v) is 7.01. The van der Waals surface area contributed by atoms with E-state index in [-0.39, 0.29) is 11.4 Å². The van der Waals surface area contributed by atoms with Gasteiger partial charge in [-0.1, -0.05) is 29.8 Å².